The molecular weight excluding hydrogens is 300 g/mol. The molecule has 0 unspecified atom stereocenters. The number of fused-ring (bicyclic) bond motifs is 2. The molecule has 0 aliphatic rings. The van der Waals surface area contributed by atoms with E-state index >= 15 is 0 Å². The van der Waals surface area contributed by atoms with Crippen molar-refractivity contribution in [1.82, 2.24) is 0 Å². The van der Waals surface area contributed by atoms with Crippen molar-refractivity contribution in [2.45, 2.75) is 0 Å². The molecule has 0 aromatic heterocycles. The monoisotopic (exact) mass is 314 g/mol. The molecular formula is C20H14N2O2. The summed E-state index contributed by atoms with van der Waals surface area (Å²) in [7, 11) is 0. The minimum atomic E-state index is 0.637. The fraction of sp³-hybridized carbons (Fsp3) is 0. The Morgan fingerprint density at radius 3 is 1.38 bits per heavy atom. The van der Waals surface area contributed by atoms with Gasteiger partial charge < -0.3 is 9.68 Å². The fourth-order valence-corrected chi connectivity index (χ4v) is 2.67. The van der Waals surface area contributed by atoms with E-state index in [-0.39, 0.29) is 0 Å². The number of rotatable bonds is 4. The van der Waals surface area contributed by atoms with E-state index < -0.39 is 0 Å². The Morgan fingerprint density at radius 1 is 0.458 bits per heavy atom. The highest BCUT2D eigenvalue weighted by molar-refractivity contribution is 5.88. The number of benzene rings is 4. The van der Waals surface area contributed by atoms with Crippen molar-refractivity contribution in [3.05, 3.63) is 84.9 Å². The van der Waals surface area contributed by atoms with Crippen LogP contribution >= 0.6 is 0 Å². The third-order valence-electron chi connectivity index (χ3n) is 3.81. The Bertz CT molecular complexity index is 934. The van der Waals surface area contributed by atoms with Crippen molar-refractivity contribution in [3.63, 3.8) is 0 Å². The molecule has 24 heavy (non-hydrogen) atoms. The normalized spacial score (nSPS) is 11.2. The number of hydrogen-bond acceptors (Lipinski definition) is 4. The lowest BCUT2D eigenvalue weighted by atomic mass is 10.1. The second-order valence-electron chi connectivity index (χ2n) is 5.30. The van der Waals surface area contributed by atoms with Gasteiger partial charge in [0.25, 0.3) is 0 Å². The van der Waals surface area contributed by atoms with Crippen LogP contribution in [0.25, 0.3) is 21.5 Å². The Kier molecular flexibility index (Phi) is 3.78. The van der Waals surface area contributed by atoms with Crippen LogP contribution < -0.4 is 9.68 Å². The molecule has 0 aliphatic carbocycles. The van der Waals surface area contributed by atoms with Crippen LogP contribution in [0.4, 0.5) is 0 Å². The third-order valence-corrected chi connectivity index (χ3v) is 3.81. The van der Waals surface area contributed by atoms with Crippen LogP contribution in [0.1, 0.15) is 0 Å². The van der Waals surface area contributed by atoms with E-state index in [1.165, 1.54) is 0 Å². The van der Waals surface area contributed by atoms with Gasteiger partial charge in [-0.25, -0.2) is 0 Å². The molecule has 0 amide bonds. The molecule has 0 fully saturated rings. The topological polar surface area (TPSA) is 43.2 Å². The van der Waals surface area contributed by atoms with E-state index in [1.807, 2.05) is 84.9 Å². The van der Waals surface area contributed by atoms with Gasteiger partial charge in [0.1, 0.15) is 0 Å². The van der Waals surface area contributed by atoms with Gasteiger partial charge in [-0.3, -0.25) is 0 Å². The van der Waals surface area contributed by atoms with Gasteiger partial charge in [0.2, 0.25) is 0 Å². The van der Waals surface area contributed by atoms with Gasteiger partial charge in [0, 0.05) is 10.8 Å². The first kappa shape index (κ1) is 14.2. The van der Waals surface area contributed by atoms with E-state index in [1.54, 1.807) is 0 Å². The van der Waals surface area contributed by atoms with Gasteiger partial charge in [0.15, 0.2) is 11.5 Å². The van der Waals surface area contributed by atoms with Crippen molar-refractivity contribution >= 4 is 21.5 Å². The molecule has 116 valence electrons. The summed E-state index contributed by atoms with van der Waals surface area (Å²) in [4.78, 5) is 10.8. The molecule has 4 rings (SSSR count). The van der Waals surface area contributed by atoms with Crippen molar-refractivity contribution in [2.75, 3.05) is 0 Å². The summed E-state index contributed by atoms with van der Waals surface area (Å²) >= 11 is 0. The Labute approximate surface area is 138 Å². The smallest absolute Gasteiger partial charge is 0.167 e. The lowest BCUT2D eigenvalue weighted by Crippen LogP contribution is -1.87. The third kappa shape index (κ3) is 2.77. The van der Waals surface area contributed by atoms with Gasteiger partial charge in [-0.1, -0.05) is 72.8 Å². The van der Waals surface area contributed by atoms with Crippen LogP contribution in [0.15, 0.2) is 95.5 Å². The predicted octanol–water partition coefficient (Wildman–Crippen LogP) is 5.73. The second-order valence-corrected chi connectivity index (χ2v) is 5.30. The molecule has 0 aliphatic heterocycles. The molecule has 0 spiro atoms. The maximum Gasteiger partial charge on any atom is 0.167 e. The summed E-state index contributed by atoms with van der Waals surface area (Å²) in [6.45, 7) is 0. The largest absolute Gasteiger partial charge is 0.336 e. The van der Waals surface area contributed by atoms with E-state index in [9.17, 15) is 0 Å². The standard InChI is InChI=1S/C20H14N2O2/c1-3-11-17-15(7-1)9-5-13-19(17)23-21-22-24-20-14-6-10-16-8-2-4-12-18(16)20/h1-14H/b22-21+. The van der Waals surface area contributed by atoms with E-state index in [4.69, 9.17) is 9.68 Å². The van der Waals surface area contributed by atoms with Crippen molar-refractivity contribution in [1.29, 1.82) is 0 Å². The first-order valence-electron chi connectivity index (χ1n) is 7.62. The highest BCUT2D eigenvalue weighted by Crippen LogP contribution is 2.27. The lowest BCUT2D eigenvalue weighted by molar-refractivity contribution is 0.211. The molecule has 0 heterocycles. The molecule has 4 nitrogen and oxygen atoms in total. The van der Waals surface area contributed by atoms with Gasteiger partial charge >= 0.3 is 0 Å². The van der Waals surface area contributed by atoms with Crippen molar-refractivity contribution in [3.8, 4) is 11.5 Å². The molecule has 0 saturated heterocycles. The highest BCUT2D eigenvalue weighted by atomic mass is 16.7. The average molecular weight is 314 g/mol. The summed E-state index contributed by atoms with van der Waals surface area (Å²) in [5, 5.41) is 11.5. The van der Waals surface area contributed by atoms with Crippen LogP contribution in [0.3, 0.4) is 0 Å². The quantitative estimate of drug-likeness (QED) is 0.356. The van der Waals surface area contributed by atoms with Gasteiger partial charge in [-0.15, -0.1) is 0 Å². The number of nitrogens with zero attached hydrogens (tertiary/aromatic N) is 2. The summed E-state index contributed by atoms with van der Waals surface area (Å²) in [5.74, 6) is 1.27. The Balaban J connectivity index is 1.53. The average Bonchev–Trinajstić information content (AvgIpc) is 2.65. The summed E-state index contributed by atoms with van der Waals surface area (Å²) in [5.41, 5.74) is 0. The minimum absolute atomic E-state index is 0.637. The minimum Gasteiger partial charge on any atom is -0.336 e. The van der Waals surface area contributed by atoms with Crippen LogP contribution in [0.2, 0.25) is 0 Å². The molecule has 4 aromatic rings. The summed E-state index contributed by atoms with van der Waals surface area (Å²) < 4.78 is 0. The molecule has 0 N–H and O–H groups in total. The van der Waals surface area contributed by atoms with Crippen LogP contribution in [0, 0.1) is 0 Å². The molecule has 0 radical (unpaired) electrons. The highest BCUT2D eigenvalue weighted by Gasteiger charge is 2.02. The first-order chi connectivity index (χ1) is 11.9. The van der Waals surface area contributed by atoms with Crippen molar-refractivity contribution < 1.29 is 9.68 Å². The molecule has 0 bridgehead atoms. The summed E-state index contributed by atoms with van der Waals surface area (Å²) in [6, 6.07) is 27.4. The van der Waals surface area contributed by atoms with Crippen molar-refractivity contribution in [2.24, 2.45) is 10.6 Å². The zero-order valence-electron chi connectivity index (χ0n) is 12.8. The zero-order chi connectivity index (χ0) is 16.2. The van der Waals surface area contributed by atoms with Gasteiger partial charge in [0.05, 0.1) is 10.6 Å². The van der Waals surface area contributed by atoms with Crippen LogP contribution in [-0.2, 0) is 0 Å². The number of hydrogen-bond donors (Lipinski definition) is 0. The fourth-order valence-electron chi connectivity index (χ4n) is 2.67. The van der Waals surface area contributed by atoms with Gasteiger partial charge in [-0.2, -0.15) is 0 Å². The van der Waals surface area contributed by atoms with E-state index in [2.05, 4.69) is 10.6 Å². The first-order valence-corrected chi connectivity index (χ1v) is 7.62. The molecule has 0 saturated carbocycles. The second kappa shape index (κ2) is 6.38. The Morgan fingerprint density at radius 2 is 0.875 bits per heavy atom. The maximum atomic E-state index is 5.39. The maximum absolute atomic E-state index is 5.39. The Hall–Kier alpha value is -3.40. The molecule has 4 aromatic carbocycles. The lowest BCUT2D eigenvalue weighted by Gasteiger charge is -2.04. The zero-order valence-corrected chi connectivity index (χ0v) is 12.8. The van der Waals surface area contributed by atoms with Crippen LogP contribution in [0.5, 0.6) is 11.5 Å². The van der Waals surface area contributed by atoms with E-state index in [0.717, 1.165) is 21.5 Å². The van der Waals surface area contributed by atoms with Gasteiger partial charge in [-0.05, 0) is 22.9 Å². The predicted molar refractivity (Wildman–Crippen MR) is 94.0 cm³/mol. The molecule has 0 atom stereocenters. The summed E-state index contributed by atoms with van der Waals surface area (Å²) in [6.07, 6.45) is 0. The molecule has 4 heteroatoms. The van der Waals surface area contributed by atoms with E-state index in [0.29, 0.717) is 11.5 Å². The van der Waals surface area contributed by atoms with Crippen LogP contribution in [-0.4, -0.2) is 0 Å². The SMILES string of the molecule is c1ccc2c(O/N=N/Oc3cccc4ccccc34)cccc2c1.